The Labute approximate surface area is 410 Å². The largest absolute Gasteiger partial charge is 0.756 e. The van der Waals surface area contributed by atoms with Crippen molar-refractivity contribution >= 4 is 40.0 Å². The molecule has 1 atom stereocenters. The molecule has 0 fully saturated rings. The van der Waals surface area contributed by atoms with Gasteiger partial charge in [-0.2, -0.15) is 0 Å². The topological polar surface area (TPSA) is 253 Å². The van der Waals surface area contributed by atoms with E-state index in [-0.39, 0.29) is 53.2 Å². The normalized spacial score (nSPS) is 14.6. The van der Waals surface area contributed by atoms with Gasteiger partial charge < -0.3 is 65.3 Å². The predicted molar refractivity (Wildman–Crippen MR) is 262 cm³/mol. The lowest BCUT2D eigenvalue weighted by atomic mass is 10.0. The summed E-state index contributed by atoms with van der Waals surface area (Å²) in [6.07, 6.45) is 1.79. The first-order chi connectivity index (χ1) is 28.7. The van der Waals surface area contributed by atoms with Crippen molar-refractivity contribution in [3.8, 4) is 0 Å². The molecule has 0 heterocycles. The van der Waals surface area contributed by atoms with E-state index in [1.807, 2.05) is 84.2 Å². The number of carbonyl (C=O) groups excluding carboxylic acids is 2. The molecule has 0 saturated heterocycles. The maximum absolute atomic E-state index is 11.3. The van der Waals surface area contributed by atoms with Crippen LogP contribution in [-0.2, 0) is 43.4 Å². The minimum Gasteiger partial charge on any atom is -0.756 e. The molecule has 0 aromatic carbocycles. The van der Waals surface area contributed by atoms with E-state index in [0.717, 1.165) is 17.4 Å². The number of quaternary nitrogens is 5. The van der Waals surface area contributed by atoms with E-state index in [1.165, 1.54) is 0 Å². The van der Waals surface area contributed by atoms with Gasteiger partial charge in [0.15, 0.2) is 0 Å². The van der Waals surface area contributed by atoms with Gasteiger partial charge in [-0.15, -0.1) is 0 Å². The van der Waals surface area contributed by atoms with Crippen molar-refractivity contribution < 1.29 is 86.7 Å². The second-order valence-electron chi connectivity index (χ2n) is 25.3. The molecule has 408 valence electrons. The molecule has 0 spiro atoms. The minimum atomic E-state index is -4.16. The third-order valence-electron chi connectivity index (χ3n) is 12.5. The molecule has 0 amide bonds. The number of nitrogens with zero attached hydrogens (tertiary/aromatic N) is 5. The van der Waals surface area contributed by atoms with Crippen LogP contribution in [0.15, 0.2) is 0 Å². The van der Waals surface area contributed by atoms with Gasteiger partial charge in [0, 0.05) is 30.3 Å². The summed E-state index contributed by atoms with van der Waals surface area (Å²) in [6.45, 7) is 33.1. The number of carbonyl (C=O) groups is 2. The maximum Gasteiger partial charge on any atom is 0.268 e. The first kappa shape index (κ1) is 74.6. The van der Waals surface area contributed by atoms with Gasteiger partial charge in [-0.05, 0) is 117 Å². The van der Waals surface area contributed by atoms with Crippen molar-refractivity contribution in [3.63, 3.8) is 0 Å². The lowest BCUT2D eigenvalue weighted by molar-refractivity contribution is -0.935. The van der Waals surface area contributed by atoms with Crippen molar-refractivity contribution in [2.45, 2.75) is 157 Å². The van der Waals surface area contributed by atoms with Crippen LogP contribution in [0.2, 0.25) is 0 Å². The number of aliphatic carboxylic acids is 2. The van der Waals surface area contributed by atoms with Crippen LogP contribution in [0, 0.1) is 0 Å². The second-order valence-corrected chi connectivity index (χ2v) is 29.7. The smallest absolute Gasteiger partial charge is 0.268 e. The molecule has 0 N–H and O–H groups in total. The Hall–Kier alpha value is -1.33. The number of phosphoric acid groups is 1. The number of phosphoric ester groups is 1. The summed E-state index contributed by atoms with van der Waals surface area (Å²) in [5.41, 5.74) is -0.521. The van der Waals surface area contributed by atoms with Crippen molar-refractivity contribution in [1.82, 2.24) is 0 Å². The van der Waals surface area contributed by atoms with Crippen molar-refractivity contribution in [3.05, 3.63) is 0 Å². The van der Waals surface area contributed by atoms with Gasteiger partial charge >= 0.3 is 0 Å². The molecule has 0 radical (unpaired) electrons. The molecular formula is C45H102N5O14PS2. The fourth-order valence-corrected chi connectivity index (χ4v) is 6.22. The van der Waals surface area contributed by atoms with Crippen molar-refractivity contribution in [2.75, 3.05) is 128 Å². The average molecular weight is 1030 g/mol. The Morgan fingerprint density at radius 3 is 1.06 bits per heavy atom. The molecule has 0 aliphatic heterocycles. The zero-order valence-electron chi connectivity index (χ0n) is 47.2. The Kier molecular flexibility index (Phi) is 31.2. The highest BCUT2D eigenvalue weighted by atomic mass is 32.2. The summed E-state index contributed by atoms with van der Waals surface area (Å²) in [6, 6.07) is 0. The highest BCUT2D eigenvalue weighted by molar-refractivity contribution is 7.85. The first-order valence-corrected chi connectivity index (χ1v) is 27.3. The molecule has 0 bridgehead atoms. The average Bonchev–Trinajstić information content (AvgIpc) is 2.97. The Balaban J connectivity index is -0.000000240. The molecule has 0 aromatic rings. The van der Waals surface area contributed by atoms with Crippen LogP contribution in [0.5, 0.6) is 0 Å². The van der Waals surface area contributed by atoms with E-state index in [9.17, 15) is 55.2 Å². The molecule has 0 rings (SSSR count). The molecule has 19 nitrogen and oxygen atoms in total. The van der Waals surface area contributed by atoms with Crippen LogP contribution in [0.3, 0.4) is 0 Å². The summed E-state index contributed by atoms with van der Waals surface area (Å²) in [5.74, 6) is -2.46. The van der Waals surface area contributed by atoms with E-state index >= 15 is 0 Å². The molecule has 0 aliphatic carbocycles. The number of likely N-dealkylation sites (N-methyl/N-ethyl adjacent to an activating group) is 2. The highest BCUT2D eigenvalue weighted by Crippen LogP contribution is 2.42. The molecular weight excluding hydrogens is 930 g/mol. The van der Waals surface area contributed by atoms with Crippen LogP contribution in [0.25, 0.3) is 0 Å². The molecule has 1 unspecified atom stereocenters. The van der Waals surface area contributed by atoms with Crippen LogP contribution >= 0.6 is 7.82 Å². The first-order valence-electron chi connectivity index (χ1n) is 22.7. The van der Waals surface area contributed by atoms with E-state index in [2.05, 4.69) is 76.4 Å². The highest BCUT2D eigenvalue weighted by Gasteiger charge is 2.33. The number of unbranched alkanes of at least 4 members (excludes halogenated alkanes) is 1. The van der Waals surface area contributed by atoms with Gasteiger partial charge in [-0.3, -0.25) is 4.57 Å². The lowest BCUT2D eigenvalue weighted by Crippen LogP contribution is -2.58. The van der Waals surface area contributed by atoms with Crippen LogP contribution in [0.1, 0.15) is 130 Å². The monoisotopic (exact) mass is 1030 g/mol. The second kappa shape index (κ2) is 28.1. The molecule has 22 heteroatoms. The molecule has 0 aliphatic rings. The fraction of sp³-hybridized carbons (Fsp3) is 0.956. The molecule has 67 heavy (non-hydrogen) atoms. The number of hydrogen-bond acceptors (Lipinski definition) is 14. The Morgan fingerprint density at radius 1 is 0.493 bits per heavy atom. The van der Waals surface area contributed by atoms with E-state index < -0.39 is 45.6 Å². The number of carboxylic acid groups (broad SMARTS) is 2. The van der Waals surface area contributed by atoms with E-state index in [1.54, 1.807) is 20.8 Å². The van der Waals surface area contributed by atoms with Crippen molar-refractivity contribution in [2.24, 2.45) is 0 Å². The number of rotatable bonds is 19. The summed E-state index contributed by atoms with van der Waals surface area (Å²) in [5, 5.41) is 20.6. The van der Waals surface area contributed by atoms with Crippen LogP contribution in [-0.4, -0.2) is 216 Å². The van der Waals surface area contributed by atoms with E-state index in [4.69, 9.17) is 9.05 Å². The molecule has 0 aromatic heterocycles. The summed E-state index contributed by atoms with van der Waals surface area (Å²) < 4.78 is 86.6. The quantitative estimate of drug-likeness (QED) is 0.0781. The van der Waals surface area contributed by atoms with Gasteiger partial charge in [0.1, 0.15) is 19.7 Å². The Morgan fingerprint density at radius 2 is 0.806 bits per heavy atom. The standard InChI is InChI=1S/C10H23NO3S.C9H22NO4P.C9H21NO3S.C9H19NO2.C8H17NO2/c1-10(2,3)11(4,5)8-6-7-9-15(12,13)14;1-9(2,3)14-15(11,12)13-8-7-10(4,5)6;1-9(2,3)10(4,5)7-6-8-14(11,12)13;1-9(2,3)10(4,5)7-6-8(11)12;1-8(2,3)9(4,5)6-7(10)11/h6-9H2,1-5H3;7-8H2,1-6H3;6-8H2,1-5H3;6-7H2,1-5H3;6H2,1-5H3. The zero-order valence-corrected chi connectivity index (χ0v) is 49.7. The SMILES string of the molecule is CC(C)(C)OP(=O)([O-])OCC[N+](C)(C)C.CC(C)(C)[N+](C)(C)CC(=O)[O-].CC(C)(C)[N+](C)(C)CCC(=O)[O-].CC(C)(C)[N+](C)(C)CCCCS(=O)(=O)[O-].CC(C)(C)[N+](C)(C)CCCS(=O)(=O)[O-]. The van der Waals surface area contributed by atoms with E-state index in [0.29, 0.717) is 50.4 Å². The molecule has 0 saturated carbocycles. The summed E-state index contributed by atoms with van der Waals surface area (Å²) in [7, 11) is 9.78. The minimum absolute atomic E-state index is 0.0555. The number of hydrogen-bond donors (Lipinski definition) is 0. The van der Waals surface area contributed by atoms with Gasteiger partial charge in [0.2, 0.25) is 0 Å². The zero-order chi connectivity index (χ0) is 55.6. The maximum atomic E-state index is 11.3. The summed E-state index contributed by atoms with van der Waals surface area (Å²) >= 11 is 0. The van der Waals surface area contributed by atoms with Gasteiger partial charge in [0.05, 0.1) is 151 Å². The van der Waals surface area contributed by atoms with Crippen LogP contribution < -0.4 is 15.1 Å². The van der Waals surface area contributed by atoms with Crippen LogP contribution in [0.4, 0.5) is 0 Å². The summed E-state index contributed by atoms with van der Waals surface area (Å²) in [4.78, 5) is 31.9. The predicted octanol–water partition coefficient (Wildman–Crippen LogP) is 2.59. The van der Waals surface area contributed by atoms with Gasteiger partial charge in [-0.25, -0.2) is 16.8 Å². The van der Waals surface area contributed by atoms with Crippen molar-refractivity contribution in [1.29, 1.82) is 0 Å². The lowest BCUT2D eigenvalue weighted by Gasteiger charge is -2.42. The third kappa shape index (κ3) is 43.2. The fourth-order valence-electron chi connectivity index (χ4n) is 4.15. The Bertz CT molecular complexity index is 1710. The van der Waals surface area contributed by atoms with Gasteiger partial charge in [0.25, 0.3) is 7.82 Å². The number of carboxylic acids is 2. The van der Waals surface area contributed by atoms with Gasteiger partial charge in [-0.1, -0.05) is 0 Å². The third-order valence-corrected chi connectivity index (χ3v) is 15.4.